The van der Waals surface area contributed by atoms with Crippen LogP contribution >= 0.6 is 7.82 Å². The molecule has 0 aromatic carbocycles. The van der Waals surface area contributed by atoms with E-state index >= 15 is 0 Å². The summed E-state index contributed by atoms with van der Waals surface area (Å²) in [6, 6.07) is 0. The third-order valence-corrected chi connectivity index (χ3v) is 9.78. The van der Waals surface area contributed by atoms with Crippen LogP contribution in [0.5, 0.6) is 0 Å². The molecule has 0 aliphatic heterocycles. The van der Waals surface area contributed by atoms with Crippen molar-refractivity contribution >= 4 is 13.8 Å². The molecule has 0 aromatic heterocycles. The van der Waals surface area contributed by atoms with Gasteiger partial charge in [0.2, 0.25) is 0 Å². The third kappa shape index (κ3) is 46.1. The average Bonchev–Trinajstić information content (AvgIpc) is 3.19. The van der Waals surface area contributed by atoms with Gasteiger partial charge in [0.25, 0.3) is 7.82 Å². The van der Waals surface area contributed by atoms with Gasteiger partial charge in [-0.3, -0.25) is 9.36 Å². The summed E-state index contributed by atoms with van der Waals surface area (Å²) in [5.41, 5.74) is 0. The largest absolute Gasteiger partial charge is 0.756 e. The zero-order valence-electron chi connectivity index (χ0n) is 37.9. The topological polar surface area (TPSA) is 94.1 Å². The maximum atomic E-state index is 12.7. The van der Waals surface area contributed by atoms with Gasteiger partial charge in [0.05, 0.1) is 34.4 Å². The highest BCUT2D eigenvalue weighted by Crippen LogP contribution is 2.38. The number of unbranched alkanes of at least 4 members (excludes halogenated alkanes) is 8. The van der Waals surface area contributed by atoms with Crippen molar-refractivity contribution in [3.63, 3.8) is 0 Å². The van der Waals surface area contributed by atoms with Crippen molar-refractivity contribution in [1.29, 1.82) is 0 Å². The average molecular weight is 842 g/mol. The predicted octanol–water partition coefficient (Wildman–Crippen LogP) is 13.0. The van der Waals surface area contributed by atoms with Crippen LogP contribution in [-0.4, -0.2) is 70.7 Å². The van der Waals surface area contributed by atoms with Crippen LogP contribution in [-0.2, 0) is 27.9 Å². The van der Waals surface area contributed by atoms with Gasteiger partial charge in [-0.15, -0.1) is 0 Å². The number of hydrogen-bond acceptors (Lipinski definition) is 7. The molecule has 0 aliphatic carbocycles. The molecule has 59 heavy (non-hydrogen) atoms. The second kappa shape index (κ2) is 41.9. The maximum Gasteiger partial charge on any atom is 0.306 e. The summed E-state index contributed by atoms with van der Waals surface area (Å²) in [6.45, 7) is 4.98. The number of nitrogens with zero attached hydrogens (tertiary/aromatic N) is 1. The number of rotatable bonds is 40. The zero-order chi connectivity index (χ0) is 43.4. The molecule has 0 radical (unpaired) electrons. The van der Waals surface area contributed by atoms with Crippen LogP contribution in [0.4, 0.5) is 0 Å². The van der Waals surface area contributed by atoms with Gasteiger partial charge in [-0.1, -0.05) is 155 Å². The van der Waals surface area contributed by atoms with E-state index in [1.807, 2.05) is 21.1 Å². The van der Waals surface area contributed by atoms with E-state index in [1.54, 1.807) is 0 Å². The van der Waals surface area contributed by atoms with Gasteiger partial charge in [-0.05, 0) is 89.9 Å². The van der Waals surface area contributed by atoms with Gasteiger partial charge in [0.15, 0.2) is 0 Å². The van der Waals surface area contributed by atoms with Crippen molar-refractivity contribution in [2.75, 3.05) is 54.1 Å². The number of ether oxygens (including phenoxy) is 2. The van der Waals surface area contributed by atoms with E-state index < -0.39 is 13.9 Å². The Hall–Kier alpha value is -2.84. The normalized spacial score (nSPS) is 14.7. The third-order valence-electron chi connectivity index (χ3n) is 8.82. The Morgan fingerprint density at radius 2 is 0.932 bits per heavy atom. The SMILES string of the molecule is CC/C=C\C/C=C\C/C=C\C/C=C\C/C=C\C/C=C\CCCOCC(COP(=O)([O-])OCC[N+](C)(C)C)OC(=O)CCCCCCCCC/C=C\C/C=C\C/C=C\CC. The van der Waals surface area contributed by atoms with Crippen molar-refractivity contribution < 1.29 is 37.3 Å². The van der Waals surface area contributed by atoms with E-state index in [1.165, 1.54) is 19.3 Å². The number of quaternary nitrogens is 1. The molecule has 0 N–H and O–H groups in total. The van der Waals surface area contributed by atoms with Gasteiger partial charge in [0.1, 0.15) is 19.3 Å². The summed E-state index contributed by atoms with van der Waals surface area (Å²) in [6.07, 6.45) is 58.3. The van der Waals surface area contributed by atoms with Crippen molar-refractivity contribution in [1.82, 2.24) is 0 Å². The molecule has 0 rings (SSSR count). The lowest BCUT2D eigenvalue weighted by atomic mass is 10.1. The van der Waals surface area contributed by atoms with Crippen molar-refractivity contribution in [2.45, 2.75) is 148 Å². The quantitative estimate of drug-likeness (QED) is 0.0199. The number of likely N-dealkylation sites (N-methyl/N-ethyl adjacent to an activating group) is 1. The van der Waals surface area contributed by atoms with E-state index in [9.17, 15) is 14.3 Å². The summed E-state index contributed by atoms with van der Waals surface area (Å²) in [7, 11) is 1.29. The molecule has 0 bridgehead atoms. The summed E-state index contributed by atoms with van der Waals surface area (Å²) < 4.78 is 34.5. The summed E-state index contributed by atoms with van der Waals surface area (Å²) in [4.78, 5) is 25.1. The van der Waals surface area contributed by atoms with Crippen LogP contribution in [0, 0.1) is 0 Å². The molecule has 9 heteroatoms. The summed E-state index contributed by atoms with van der Waals surface area (Å²) in [5.74, 6) is -0.370. The molecule has 0 heterocycles. The summed E-state index contributed by atoms with van der Waals surface area (Å²) >= 11 is 0. The van der Waals surface area contributed by atoms with Crippen LogP contribution in [0.1, 0.15) is 142 Å². The second-order valence-electron chi connectivity index (χ2n) is 15.6. The highest BCUT2D eigenvalue weighted by molar-refractivity contribution is 7.45. The van der Waals surface area contributed by atoms with Crippen molar-refractivity contribution in [3.05, 3.63) is 109 Å². The Kier molecular flexibility index (Phi) is 39.9. The Labute approximate surface area is 361 Å². The Morgan fingerprint density at radius 3 is 1.39 bits per heavy atom. The van der Waals surface area contributed by atoms with Crippen LogP contribution in [0.25, 0.3) is 0 Å². The van der Waals surface area contributed by atoms with Gasteiger partial charge < -0.3 is 27.9 Å². The minimum Gasteiger partial charge on any atom is -0.756 e. The Balaban J connectivity index is 4.38. The van der Waals surface area contributed by atoms with Crippen molar-refractivity contribution in [3.8, 4) is 0 Å². The lowest BCUT2D eigenvalue weighted by molar-refractivity contribution is -0.870. The second-order valence-corrected chi connectivity index (χ2v) is 17.1. The minimum absolute atomic E-state index is 0.00627. The number of hydrogen-bond donors (Lipinski definition) is 0. The first kappa shape index (κ1) is 56.2. The van der Waals surface area contributed by atoms with E-state index in [0.29, 0.717) is 17.6 Å². The molecule has 0 amide bonds. The molecule has 0 aromatic rings. The van der Waals surface area contributed by atoms with Crippen LogP contribution in [0.3, 0.4) is 0 Å². The van der Waals surface area contributed by atoms with Crippen LogP contribution in [0.2, 0.25) is 0 Å². The first-order valence-electron chi connectivity index (χ1n) is 22.6. The molecule has 0 fully saturated rings. The molecule has 0 aliphatic rings. The van der Waals surface area contributed by atoms with Gasteiger partial charge >= 0.3 is 5.97 Å². The van der Waals surface area contributed by atoms with Crippen LogP contribution in [0.15, 0.2) is 109 Å². The molecule has 8 nitrogen and oxygen atoms in total. The van der Waals surface area contributed by atoms with Gasteiger partial charge in [-0.2, -0.15) is 0 Å². The zero-order valence-corrected chi connectivity index (χ0v) is 38.8. The van der Waals surface area contributed by atoms with Crippen molar-refractivity contribution in [2.24, 2.45) is 0 Å². The smallest absolute Gasteiger partial charge is 0.306 e. The lowest BCUT2D eigenvalue weighted by Crippen LogP contribution is -2.37. The lowest BCUT2D eigenvalue weighted by Gasteiger charge is -2.28. The Morgan fingerprint density at radius 1 is 0.525 bits per heavy atom. The molecule has 2 unspecified atom stereocenters. The number of allylic oxidation sites excluding steroid dienone is 18. The molecule has 0 spiro atoms. The molecule has 0 saturated heterocycles. The monoisotopic (exact) mass is 842 g/mol. The van der Waals surface area contributed by atoms with Crippen LogP contribution < -0.4 is 4.89 Å². The highest BCUT2D eigenvalue weighted by atomic mass is 31.2. The molecular weight excluding hydrogens is 758 g/mol. The predicted molar refractivity (Wildman–Crippen MR) is 249 cm³/mol. The van der Waals surface area contributed by atoms with E-state index in [2.05, 4.69) is 123 Å². The molecule has 0 saturated carbocycles. The Bertz CT molecular complexity index is 1300. The highest BCUT2D eigenvalue weighted by Gasteiger charge is 2.20. The fourth-order valence-corrected chi connectivity index (χ4v) is 6.13. The molecular formula is C50H84NO7P. The summed E-state index contributed by atoms with van der Waals surface area (Å²) in [5, 5.41) is 0. The standard InChI is InChI=1S/C50H84NO7P/c1-6-8-10-12-14-16-18-20-22-24-25-26-28-30-32-34-36-38-40-42-45-55-47-49(48-57-59(53,54)56-46-44-51(3,4)5)58-50(52)43-41-39-37-35-33-31-29-27-23-21-19-17-15-13-11-9-7-2/h8-11,14-17,20-23,25-26,30,32,36,38,49H,6-7,12-13,18-19,24,27-29,31,33-35,37,39-48H2,1-5H3/b10-8-,11-9-,16-14-,17-15-,22-20-,23-21-,26-25-,32-30-,38-36-. The fraction of sp³-hybridized carbons (Fsp3) is 0.620. The number of phosphoric ester groups is 1. The minimum atomic E-state index is -4.55. The molecule has 2 atom stereocenters. The first-order chi connectivity index (χ1) is 28.6. The van der Waals surface area contributed by atoms with Gasteiger partial charge in [-0.25, -0.2) is 0 Å². The van der Waals surface area contributed by atoms with E-state index in [-0.39, 0.29) is 32.2 Å². The van der Waals surface area contributed by atoms with E-state index in [4.69, 9.17) is 18.5 Å². The number of esters is 1. The maximum absolute atomic E-state index is 12.7. The fourth-order valence-electron chi connectivity index (χ4n) is 5.40. The number of carbonyl (C=O) groups excluding carboxylic acids is 1. The number of phosphoric acid groups is 1. The first-order valence-corrected chi connectivity index (χ1v) is 24.1. The van der Waals surface area contributed by atoms with Gasteiger partial charge in [0, 0.05) is 13.0 Å². The van der Waals surface area contributed by atoms with E-state index in [0.717, 1.165) is 103 Å². The number of carbonyl (C=O) groups is 1. The molecule has 336 valence electrons.